The van der Waals surface area contributed by atoms with Gasteiger partial charge in [-0.25, -0.2) is 9.98 Å². The Morgan fingerprint density at radius 3 is 1.46 bits per heavy atom. The molecule has 2 aliphatic carbocycles. The van der Waals surface area contributed by atoms with E-state index < -0.39 is 0 Å². The highest BCUT2D eigenvalue weighted by atomic mass is 14.8. The molecule has 1 aromatic heterocycles. The summed E-state index contributed by atoms with van der Waals surface area (Å²) in [6.45, 7) is 13.4. The Bertz CT molecular complexity index is 1670. The fourth-order valence-corrected chi connectivity index (χ4v) is 6.52. The van der Waals surface area contributed by atoms with E-state index in [1.807, 2.05) is 0 Å². The Morgan fingerprint density at radius 2 is 1.05 bits per heavy atom. The highest BCUT2D eigenvalue weighted by Gasteiger charge is 2.23. The molecule has 3 aliphatic heterocycles. The molecule has 39 heavy (non-hydrogen) atoms. The molecule has 0 atom stereocenters. The van der Waals surface area contributed by atoms with Gasteiger partial charge in [0.2, 0.25) is 0 Å². The maximum Gasteiger partial charge on any atom is 0.0693 e. The molecule has 5 aliphatic rings. The van der Waals surface area contributed by atoms with Crippen molar-refractivity contribution in [2.45, 2.75) is 67.2 Å². The van der Waals surface area contributed by atoms with Crippen LogP contribution in [-0.4, -0.2) is 16.4 Å². The van der Waals surface area contributed by atoms with Crippen molar-refractivity contribution in [3.8, 4) is 11.1 Å². The largest absolute Gasteiger partial charge is 0.355 e. The standard InChI is InChI=1S/C36H37N3/c1-7-25-21(5)31-17-23-16-24(30-15-13-11-12-14-29(23)30)18-32-22(6)26(8-2)34(38-32)20-36-28(10-4)27(9-3)35(39-36)19-33(25)37-31/h11-20,39H,7-10H2,1-6H3. The molecule has 0 saturated carbocycles. The van der Waals surface area contributed by atoms with E-state index in [-0.39, 0.29) is 0 Å². The van der Waals surface area contributed by atoms with Crippen molar-refractivity contribution in [3.63, 3.8) is 0 Å². The highest BCUT2D eigenvalue weighted by molar-refractivity contribution is 6.24. The number of nitrogens with zero attached hydrogens (tertiary/aromatic N) is 2. The number of H-pyrrole nitrogens is 1. The second kappa shape index (κ2) is 9.96. The zero-order valence-corrected chi connectivity index (χ0v) is 24.0. The lowest BCUT2D eigenvalue weighted by Crippen LogP contribution is -2.16. The number of rotatable bonds is 4. The molecule has 0 amide bonds. The van der Waals surface area contributed by atoms with Gasteiger partial charge in [-0.2, -0.15) is 0 Å². The minimum atomic E-state index is 0.953. The monoisotopic (exact) mass is 511 g/mol. The van der Waals surface area contributed by atoms with E-state index in [0.717, 1.165) is 48.5 Å². The number of aromatic nitrogens is 1. The minimum absolute atomic E-state index is 0.953. The summed E-state index contributed by atoms with van der Waals surface area (Å²) < 4.78 is 0. The zero-order valence-electron chi connectivity index (χ0n) is 24.0. The summed E-state index contributed by atoms with van der Waals surface area (Å²) in [5.41, 5.74) is 17.1. The van der Waals surface area contributed by atoms with Crippen molar-refractivity contribution >= 4 is 35.7 Å². The van der Waals surface area contributed by atoms with Crippen LogP contribution in [-0.2, 0) is 12.8 Å². The van der Waals surface area contributed by atoms with Crippen LogP contribution in [0.3, 0.4) is 0 Å². The predicted molar refractivity (Wildman–Crippen MR) is 168 cm³/mol. The number of hydrogen-bond acceptors (Lipinski definition) is 2. The van der Waals surface area contributed by atoms with E-state index in [1.54, 1.807) is 0 Å². The van der Waals surface area contributed by atoms with Crippen LogP contribution in [0.2, 0.25) is 0 Å². The Kier molecular flexibility index (Phi) is 6.46. The fourth-order valence-electron chi connectivity index (χ4n) is 6.52. The SMILES string of the molecule is CCC1=C(C)C2=Cc3cc(c4cccccc3-4)C=C3N=C(C=c4[nH]c(c(CC)c4CC)=CC1=N2)C(CC)=C3C. The summed E-state index contributed by atoms with van der Waals surface area (Å²) in [4.78, 5) is 14.2. The van der Waals surface area contributed by atoms with Gasteiger partial charge in [0, 0.05) is 10.7 Å². The number of fused-ring (bicyclic) bond motifs is 9. The van der Waals surface area contributed by atoms with Crippen molar-refractivity contribution in [2.75, 3.05) is 0 Å². The molecule has 0 aromatic carbocycles. The first kappa shape index (κ1) is 25.3. The number of nitrogens with one attached hydrogen (secondary N) is 1. The van der Waals surface area contributed by atoms with Crippen molar-refractivity contribution in [3.05, 3.63) is 103 Å². The molecule has 3 heteroatoms. The summed E-state index contributed by atoms with van der Waals surface area (Å²) in [5.74, 6) is 0. The molecule has 1 N–H and O–H groups in total. The molecular weight excluding hydrogens is 474 g/mol. The molecule has 0 spiro atoms. The van der Waals surface area contributed by atoms with Crippen LogP contribution in [0.5, 0.6) is 0 Å². The lowest BCUT2D eigenvalue weighted by Gasteiger charge is -2.02. The summed E-state index contributed by atoms with van der Waals surface area (Å²) >= 11 is 0. The van der Waals surface area contributed by atoms with Gasteiger partial charge >= 0.3 is 0 Å². The summed E-state index contributed by atoms with van der Waals surface area (Å²) in [6.07, 6.45) is 13.0. The Labute approximate surface area is 231 Å². The van der Waals surface area contributed by atoms with Gasteiger partial charge < -0.3 is 4.98 Å². The van der Waals surface area contributed by atoms with Gasteiger partial charge in [-0.1, -0.05) is 58.0 Å². The number of hydrogen-bond donors (Lipinski definition) is 1. The van der Waals surface area contributed by atoms with Crippen LogP contribution in [0.4, 0.5) is 0 Å². The van der Waals surface area contributed by atoms with E-state index in [1.165, 1.54) is 66.4 Å². The van der Waals surface area contributed by atoms with Crippen LogP contribution in [0, 0.1) is 0 Å². The Balaban J connectivity index is 1.73. The molecule has 8 bridgehead atoms. The Hall–Kier alpha value is -3.98. The Morgan fingerprint density at radius 1 is 0.590 bits per heavy atom. The lowest BCUT2D eigenvalue weighted by atomic mass is 10.00. The van der Waals surface area contributed by atoms with Crippen LogP contribution < -0.4 is 10.7 Å². The van der Waals surface area contributed by atoms with Crippen LogP contribution in [0.25, 0.3) is 35.4 Å². The van der Waals surface area contributed by atoms with E-state index in [4.69, 9.17) is 9.98 Å². The van der Waals surface area contributed by atoms with Crippen molar-refractivity contribution in [1.82, 2.24) is 4.98 Å². The predicted octanol–water partition coefficient (Wildman–Crippen LogP) is 7.56. The van der Waals surface area contributed by atoms with Gasteiger partial charge in [0.25, 0.3) is 0 Å². The average Bonchev–Trinajstić information content (AvgIpc) is 3.54. The molecule has 4 heterocycles. The maximum absolute atomic E-state index is 5.22. The molecular formula is C36H37N3. The zero-order chi connectivity index (χ0) is 27.3. The third-order valence-electron chi connectivity index (χ3n) is 8.59. The van der Waals surface area contributed by atoms with Crippen LogP contribution in [0.1, 0.15) is 76.6 Å². The summed E-state index contributed by atoms with van der Waals surface area (Å²) in [5, 5.41) is 2.35. The number of allylic oxidation sites excluding steroid dienone is 4. The minimum Gasteiger partial charge on any atom is -0.355 e. The van der Waals surface area contributed by atoms with Gasteiger partial charge in [-0.05, 0) is 126 Å². The molecule has 0 unspecified atom stereocenters. The van der Waals surface area contributed by atoms with Gasteiger partial charge in [0.1, 0.15) is 0 Å². The first-order chi connectivity index (χ1) is 19.0. The second-order valence-corrected chi connectivity index (χ2v) is 10.7. The van der Waals surface area contributed by atoms with Gasteiger partial charge in [0.15, 0.2) is 0 Å². The topological polar surface area (TPSA) is 40.5 Å². The molecule has 6 rings (SSSR count). The lowest BCUT2D eigenvalue weighted by molar-refractivity contribution is 1.04. The molecule has 196 valence electrons. The summed E-state index contributed by atoms with van der Waals surface area (Å²) in [6, 6.07) is 13.1. The van der Waals surface area contributed by atoms with Gasteiger partial charge in [0.05, 0.1) is 22.8 Å². The van der Waals surface area contributed by atoms with E-state index in [2.05, 4.69) is 107 Å². The number of aliphatic imine (C=N–C) groups is 2. The summed E-state index contributed by atoms with van der Waals surface area (Å²) in [7, 11) is 0. The molecule has 3 nitrogen and oxygen atoms in total. The maximum atomic E-state index is 5.22. The van der Waals surface area contributed by atoms with E-state index in [9.17, 15) is 0 Å². The van der Waals surface area contributed by atoms with Crippen molar-refractivity contribution in [1.29, 1.82) is 0 Å². The normalized spacial score (nSPS) is 16.7. The molecule has 1 aromatic rings. The van der Waals surface area contributed by atoms with Crippen molar-refractivity contribution in [2.24, 2.45) is 9.98 Å². The second-order valence-electron chi connectivity index (χ2n) is 10.7. The third kappa shape index (κ3) is 4.12. The molecule has 0 saturated heterocycles. The first-order valence-corrected chi connectivity index (χ1v) is 14.4. The van der Waals surface area contributed by atoms with E-state index in [0.29, 0.717) is 0 Å². The number of aromatic amines is 1. The van der Waals surface area contributed by atoms with Crippen molar-refractivity contribution < 1.29 is 0 Å². The van der Waals surface area contributed by atoms with Crippen LogP contribution in [0.15, 0.2) is 80.1 Å². The fraction of sp³-hybridized carbons (Fsp3) is 0.278. The molecule has 0 radical (unpaired) electrons. The average molecular weight is 512 g/mol. The van der Waals surface area contributed by atoms with Crippen LogP contribution >= 0.6 is 0 Å². The van der Waals surface area contributed by atoms with Gasteiger partial charge in [-0.15, -0.1) is 0 Å². The highest BCUT2D eigenvalue weighted by Crippen LogP contribution is 2.39. The first-order valence-electron chi connectivity index (χ1n) is 14.4. The van der Waals surface area contributed by atoms with E-state index >= 15 is 0 Å². The smallest absolute Gasteiger partial charge is 0.0693 e. The quantitative estimate of drug-likeness (QED) is 0.375. The molecule has 0 fully saturated rings. The third-order valence-corrected chi connectivity index (χ3v) is 8.59. The van der Waals surface area contributed by atoms with Gasteiger partial charge in [-0.3, -0.25) is 0 Å².